The molecule has 0 radical (unpaired) electrons. The van der Waals surface area contributed by atoms with Crippen LogP contribution in [0.15, 0.2) is 52.2 Å². The molecule has 0 aliphatic carbocycles. The van der Waals surface area contributed by atoms with E-state index in [-0.39, 0.29) is 39.9 Å². The number of aromatic nitrogens is 2. The standard InChI is InChI=1S/C20H14F6N2O4S/c1-2-31-19(30)15-16(29)14-12(4-3-5-13(14)33-18(23)17(21)22)28(27-15)10-6-8-11(9-7-10)32-20(24,25)26/h3-9,17-18H,2H2,1H3. The number of esters is 1. The molecular formula is C20H14F6N2O4S. The van der Waals surface area contributed by atoms with Crippen molar-refractivity contribution in [1.82, 2.24) is 9.78 Å². The van der Waals surface area contributed by atoms with Gasteiger partial charge in [0.25, 0.3) is 6.43 Å². The van der Waals surface area contributed by atoms with Gasteiger partial charge in [-0.05, 0) is 43.3 Å². The maximum atomic E-state index is 13.7. The van der Waals surface area contributed by atoms with Crippen molar-refractivity contribution in [2.45, 2.75) is 30.1 Å². The highest BCUT2D eigenvalue weighted by molar-refractivity contribution is 8.00. The number of benzene rings is 2. The zero-order chi connectivity index (χ0) is 24.3. The summed E-state index contributed by atoms with van der Waals surface area (Å²) in [6, 6.07) is 8.23. The van der Waals surface area contributed by atoms with Crippen LogP contribution in [0.2, 0.25) is 0 Å². The second-order valence-electron chi connectivity index (χ2n) is 6.31. The van der Waals surface area contributed by atoms with E-state index in [1.54, 1.807) is 0 Å². The molecule has 2 aromatic carbocycles. The molecule has 0 aliphatic rings. The Kier molecular flexibility index (Phi) is 7.20. The third-order valence-corrected chi connectivity index (χ3v) is 5.12. The highest BCUT2D eigenvalue weighted by Crippen LogP contribution is 2.33. The fraction of sp³-hybridized carbons (Fsp3) is 0.250. The maximum Gasteiger partial charge on any atom is 0.573 e. The molecule has 0 saturated heterocycles. The Labute approximate surface area is 186 Å². The lowest BCUT2D eigenvalue weighted by Gasteiger charge is -2.15. The number of fused-ring (bicyclic) bond motifs is 1. The van der Waals surface area contributed by atoms with Gasteiger partial charge in [-0.1, -0.05) is 17.8 Å². The Balaban J connectivity index is 2.23. The van der Waals surface area contributed by atoms with E-state index in [2.05, 4.69) is 9.84 Å². The van der Waals surface area contributed by atoms with Crippen molar-refractivity contribution in [3.8, 4) is 11.4 Å². The smallest absolute Gasteiger partial charge is 0.461 e. The van der Waals surface area contributed by atoms with Crippen LogP contribution < -0.4 is 10.2 Å². The van der Waals surface area contributed by atoms with Crippen LogP contribution in [-0.4, -0.2) is 40.6 Å². The Hall–Kier alpha value is -3.22. The summed E-state index contributed by atoms with van der Waals surface area (Å²) in [5, 5.41) is 3.69. The average Bonchev–Trinajstić information content (AvgIpc) is 2.73. The summed E-state index contributed by atoms with van der Waals surface area (Å²) in [6.07, 6.45) is -8.25. The Morgan fingerprint density at radius 2 is 1.79 bits per heavy atom. The number of hydrogen-bond donors (Lipinski definition) is 0. The fourth-order valence-electron chi connectivity index (χ4n) is 2.83. The van der Waals surface area contributed by atoms with Crippen molar-refractivity contribution < 1.29 is 40.6 Å². The number of carbonyl (C=O) groups excluding carboxylic acids is 1. The number of alkyl halides is 6. The second-order valence-corrected chi connectivity index (χ2v) is 7.43. The van der Waals surface area contributed by atoms with Crippen molar-refractivity contribution in [3.05, 3.63) is 58.4 Å². The zero-order valence-corrected chi connectivity index (χ0v) is 17.4. The third-order valence-electron chi connectivity index (χ3n) is 4.10. The number of hydrogen-bond acceptors (Lipinski definition) is 6. The van der Waals surface area contributed by atoms with Gasteiger partial charge in [-0.2, -0.15) is 5.10 Å². The molecule has 0 aliphatic heterocycles. The van der Waals surface area contributed by atoms with Gasteiger partial charge < -0.3 is 9.47 Å². The van der Waals surface area contributed by atoms with Gasteiger partial charge in [0.15, 0.2) is 0 Å². The molecule has 13 heteroatoms. The van der Waals surface area contributed by atoms with Crippen molar-refractivity contribution in [2.75, 3.05) is 6.61 Å². The zero-order valence-electron chi connectivity index (χ0n) is 16.6. The molecule has 33 heavy (non-hydrogen) atoms. The summed E-state index contributed by atoms with van der Waals surface area (Å²) in [5.41, 5.74) is -4.22. The molecule has 6 nitrogen and oxygen atoms in total. The largest absolute Gasteiger partial charge is 0.573 e. The minimum absolute atomic E-state index is 0.00371. The van der Waals surface area contributed by atoms with E-state index in [1.807, 2.05) is 0 Å². The summed E-state index contributed by atoms with van der Waals surface area (Å²) in [7, 11) is 0. The first-order chi connectivity index (χ1) is 15.5. The van der Waals surface area contributed by atoms with Crippen molar-refractivity contribution in [3.63, 3.8) is 0 Å². The first kappa shape index (κ1) is 24.4. The lowest BCUT2D eigenvalue weighted by Crippen LogP contribution is -2.24. The molecule has 1 aromatic heterocycles. The maximum absolute atomic E-state index is 13.7. The van der Waals surface area contributed by atoms with E-state index >= 15 is 0 Å². The minimum Gasteiger partial charge on any atom is -0.461 e. The van der Waals surface area contributed by atoms with Gasteiger partial charge in [0.1, 0.15) is 5.75 Å². The van der Waals surface area contributed by atoms with Crippen LogP contribution in [-0.2, 0) is 4.74 Å². The van der Waals surface area contributed by atoms with Crippen LogP contribution in [0.25, 0.3) is 16.6 Å². The predicted molar refractivity (Wildman–Crippen MR) is 107 cm³/mol. The van der Waals surface area contributed by atoms with E-state index < -0.39 is 41.1 Å². The van der Waals surface area contributed by atoms with Gasteiger partial charge in [0.05, 0.1) is 23.2 Å². The topological polar surface area (TPSA) is 70.4 Å². The van der Waals surface area contributed by atoms with E-state index in [9.17, 15) is 35.9 Å². The summed E-state index contributed by atoms with van der Waals surface area (Å²) < 4.78 is 86.2. The molecule has 176 valence electrons. The van der Waals surface area contributed by atoms with E-state index in [1.165, 1.54) is 37.3 Å². The van der Waals surface area contributed by atoms with E-state index in [0.29, 0.717) is 0 Å². The molecule has 1 unspecified atom stereocenters. The number of ether oxygens (including phenoxy) is 2. The van der Waals surface area contributed by atoms with Gasteiger partial charge in [-0.15, -0.1) is 13.2 Å². The van der Waals surface area contributed by atoms with Crippen LogP contribution in [0, 0.1) is 0 Å². The number of halogens is 6. The van der Waals surface area contributed by atoms with Gasteiger partial charge in [-0.25, -0.2) is 22.6 Å². The number of nitrogens with zero attached hydrogens (tertiary/aromatic N) is 2. The Bertz CT molecular complexity index is 1210. The molecule has 0 bridgehead atoms. The third kappa shape index (κ3) is 5.59. The second kappa shape index (κ2) is 9.73. The van der Waals surface area contributed by atoms with E-state index in [0.717, 1.165) is 16.8 Å². The molecular weight excluding hydrogens is 478 g/mol. The Morgan fingerprint density at radius 3 is 2.36 bits per heavy atom. The molecule has 1 heterocycles. The highest BCUT2D eigenvalue weighted by atomic mass is 32.2. The first-order valence-corrected chi connectivity index (χ1v) is 10.1. The summed E-state index contributed by atoms with van der Waals surface area (Å²) in [4.78, 5) is 25.1. The van der Waals surface area contributed by atoms with Crippen molar-refractivity contribution in [1.29, 1.82) is 0 Å². The van der Waals surface area contributed by atoms with E-state index in [4.69, 9.17) is 4.74 Å². The molecule has 0 spiro atoms. The highest BCUT2D eigenvalue weighted by Gasteiger charge is 2.31. The van der Waals surface area contributed by atoms with Crippen LogP contribution in [0.3, 0.4) is 0 Å². The van der Waals surface area contributed by atoms with Crippen LogP contribution in [0.4, 0.5) is 26.3 Å². The fourth-order valence-corrected chi connectivity index (χ4v) is 3.65. The monoisotopic (exact) mass is 492 g/mol. The molecule has 0 fully saturated rings. The number of carbonyl (C=O) groups is 1. The van der Waals surface area contributed by atoms with Gasteiger partial charge in [0.2, 0.25) is 16.6 Å². The molecule has 0 amide bonds. The molecule has 0 saturated carbocycles. The van der Waals surface area contributed by atoms with Gasteiger partial charge >= 0.3 is 12.3 Å². The average molecular weight is 492 g/mol. The summed E-state index contributed by atoms with van der Waals surface area (Å²) in [5.74, 6) is -1.64. The van der Waals surface area contributed by atoms with Gasteiger partial charge in [0, 0.05) is 4.90 Å². The summed E-state index contributed by atoms with van der Waals surface area (Å²) >= 11 is 0.0869. The van der Waals surface area contributed by atoms with Crippen LogP contribution >= 0.6 is 11.8 Å². The first-order valence-electron chi connectivity index (χ1n) is 9.20. The Morgan fingerprint density at radius 1 is 1.12 bits per heavy atom. The molecule has 3 aromatic rings. The van der Waals surface area contributed by atoms with Crippen molar-refractivity contribution in [2.24, 2.45) is 0 Å². The SMILES string of the molecule is CCOC(=O)c1nn(-c2ccc(OC(F)(F)F)cc2)c2cccc(SC(F)C(F)F)c2c1=O. The minimum atomic E-state index is -4.92. The number of rotatable bonds is 7. The molecule has 1 atom stereocenters. The normalized spacial score (nSPS) is 12.7. The quantitative estimate of drug-likeness (QED) is 0.259. The predicted octanol–water partition coefficient (Wildman–Crippen LogP) is 5.11. The lowest BCUT2D eigenvalue weighted by atomic mass is 10.2. The van der Waals surface area contributed by atoms with Crippen LogP contribution in [0.5, 0.6) is 5.75 Å². The van der Waals surface area contributed by atoms with Crippen molar-refractivity contribution >= 4 is 28.6 Å². The molecule has 0 N–H and O–H groups in total. The van der Waals surface area contributed by atoms with Crippen LogP contribution in [0.1, 0.15) is 17.4 Å². The number of thioether (sulfide) groups is 1. The lowest BCUT2D eigenvalue weighted by molar-refractivity contribution is -0.274. The molecule has 3 rings (SSSR count). The van der Waals surface area contributed by atoms with Gasteiger partial charge in [-0.3, -0.25) is 4.79 Å². The summed E-state index contributed by atoms with van der Waals surface area (Å²) in [6.45, 7) is 1.38.